The number of nitrogens with zero attached hydrogens (tertiary/aromatic N) is 2. The summed E-state index contributed by atoms with van der Waals surface area (Å²) in [5, 5.41) is 12.9. The van der Waals surface area contributed by atoms with Crippen LogP contribution in [0.25, 0.3) is 10.9 Å². The molecule has 0 amide bonds. The standard InChI is InChI=1S/C17H18N4OS2/c1-3-8-18-16-20-21-17(24-16)23-10-14(22)13-9-19-15-11(4-2)6-5-7-12(13)15/h3,5-7,9,19H,1,4,8,10H2,2H3,(H,18,20). The van der Waals surface area contributed by atoms with E-state index in [0.717, 1.165) is 32.4 Å². The number of hydrogen-bond acceptors (Lipinski definition) is 6. The highest BCUT2D eigenvalue weighted by Crippen LogP contribution is 2.28. The van der Waals surface area contributed by atoms with Crippen molar-refractivity contribution >= 4 is 44.9 Å². The van der Waals surface area contributed by atoms with Gasteiger partial charge in [-0.3, -0.25) is 4.79 Å². The van der Waals surface area contributed by atoms with Gasteiger partial charge in [0.15, 0.2) is 10.1 Å². The van der Waals surface area contributed by atoms with Crippen molar-refractivity contribution in [2.24, 2.45) is 0 Å². The van der Waals surface area contributed by atoms with E-state index in [1.54, 1.807) is 6.08 Å². The minimum atomic E-state index is 0.0929. The van der Waals surface area contributed by atoms with Crippen molar-refractivity contribution < 1.29 is 4.79 Å². The van der Waals surface area contributed by atoms with Crippen LogP contribution in [-0.2, 0) is 6.42 Å². The molecule has 124 valence electrons. The fourth-order valence-electron chi connectivity index (χ4n) is 2.45. The Labute approximate surface area is 148 Å². The molecule has 1 aromatic carbocycles. The van der Waals surface area contributed by atoms with E-state index in [1.807, 2.05) is 18.3 Å². The Hall–Kier alpha value is -2.12. The van der Waals surface area contributed by atoms with Crippen LogP contribution >= 0.6 is 23.1 Å². The quantitative estimate of drug-likeness (QED) is 0.359. The number of aromatic nitrogens is 3. The van der Waals surface area contributed by atoms with Crippen LogP contribution < -0.4 is 5.32 Å². The molecule has 7 heteroatoms. The van der Waals surface area contributed by atoms with Gasteiger partial charge in [-0.25, -0.2) is 0 Å². The van der Waals surface area contributed by atoms with Crippen LogP contribution in [0, 0.1) is 0 Å². The molecule has 0 spiro atoms. The average Bonchev–Trinajstić information content (AvgIpc) is 3.24. The van der Waals surface area contributed by atoms with Crippen LogP contribution in [-0.4, -0.2) is 33.3 Å². The van der Waals surface area contributed by atoms with Crippen molar-refractivity contribution in [3.8, 4) is 0 Å². The molecule has 5 nitrogen and oxygen atoms in total. The summed E-state index contributed by atoms with van der Waals surface area (Å²) in [5.41, 5.74) is 3.02. The Morgan fingerprint density at radius 2 is 2.33 bits per heavy atom. The number of anilines is 1. The summed E-state index contributed by atoms with van der Waals surface area (Å²) in [7, 11) is 0. The van der Waals surface area contributed by atoms with Crippen LogP contribution in [0.5, 0.6) is 0 Å². The molecular weight excluding hydrogens is 340 g/mol. The summed E-state index contributed by atoms with van der Waals surface area (Å²) < 4.78 is 0.781. The molecule has 2 aromatic heterocycles. The number of fused-ring (bicyclic) bond motifs is 1. The maximum Gasteiger partial charge on any atom is 0.206 e. The lowest BCUT2D eigenvalue weighted by Crippen LogP contribution is -2.01. The van der Waals surface area contributed by atoms with Gasteiger partial charge >= 0.3 is 0 Å². The Morgan fingerprint density at radius 3 is 3.12 bits per heavy atom. The Bertz CT molecular complexity index is 868. The third-order valence-electron chi connectivity index (χ3n) is 3.61. The van der Waals surface area contributed by atoms with E-state index in [9.17, 15) is 4.79 Å². The van der Waals surface area contributed by atoms with Gasteiger partial charge in [0.25, 0.3) is 0 Å². The molecule has 0 saturated heterocycles. The lowest BCUT2D eigenvalue weighted by Gasteiger charge is -2.00. The van der Waals surface area contributed by atoms with Gasteiger partial charge in [0.1, 0.15) is 0 Å². The van der Waals surface area contributed by atoms with Crippen molar-refractivity contribution in [2.75, 3.05) is 17.6 Å². The molecule has 0 aliphatic rings. The highest BCUT2D eigenvalue weighted by atomic mass is 32.2. The van der Waals surface area contributed by atoms with Crippen molar-refractivity contribution in [1.82, 2.24) is 15.2 Å². The molecule has 0 aliphatic heterocycles. The molecule has 0 aliphatic carbocycles. The zero-order chi connectivity index (χ0) is 16.9. The summed E-state index contributed by atoms with van der Waals surface area (Å²) in [4.78, 5) is 15.8. The number of para-hydroxylation sites is 1. The number of H-pyrrole nitrogens is 1. The van der Waals surface area contributed by atoms with Crippen molar-refractivity contribution in [3.05, 3.63) is 48.2 Å². The monoisotopic (exact) mass is 358 g/mol. The molecule has 3 aromatic rings. The first-order valence-electron chi connectivity index (χ1n) is 7.66. The lowest BCUT2D eigenvalue weighted by atomic mass is 10.1. The Balaban J connectivity index is 1.69. The van der Waals surface area contributed by atoms with E-state index in [-0.39, 0.29) is 5.78 Å². The fraction of sp³-hybridized carbons (Fsp3) is 0.235. The number of Topliss-reactive ketones (excluding diaryl/α,β-unsaturated/α-hetero) is 1. The maximum atomic E-state index is 12.6. The number of carbonyl (C=O) groups excluding carboxylic acids is 1. The summed E-state index contributed by atoms with van der Waals surface area (Å²) in [6.45, 7) is 6.41. The Morgan fingerprint density at radius 1 is 1.46 bits per heavy atom. The summed E-state index contributed by atoms with van der Waals surface area (Å²) in [5.74, 6) is 0.439. The second-order valence-corrected chi connectivity index (χ2v) is 7.35. The highest BCUT2D eigenvalue weighted by Gasteiger charge is 2.15. The number of rotatable bonds is 8. The highest BCUT2D eigenvalue weighted by molar-refractivity contribution is 8.01. The first kappa shape index (κ1) is 16.7. The van der Waals surface area contributed by atoms with Crippen molar-refractivity contribution in [3.63, 3.8) is 0 Å². The second-order valence-electron chi connectivity index (χ2n) is 5.15. The molecule has 2 heterocycles. The summed E-state index contributed by atoms with van der Waals surface area (Å²) in [6, 6.07) is 6.08. The van der Waals surface area contributed by atoms with E-state index < -0.39 is 0 Å². The van der Waals surface area contributed by atoms with E-state index >= 15 is 0 Å². The third kappa shape index (κ3) is 3.52. The number of hydrogen-bond donors (Lipinski definition) is 2. The fourth-order valence-corrected chi connectivity index (χ4v) is 4.09. The molecule has 24 heavy (non-hydrogen) atoms. The van der Waals surface area contributed by atoms with Crippen molar-refractivity contribution in [2.45, 2.75) is 17.7 Å². The van der Waals surface area contributed by atoms with Crippen LogP contribution in [0.15, 0.2) is 41.4 Å². The molecule has 0 unspecified atom stereocenters. The van der Waals surface area contributed by atoms with Gasteiger partial charge in [0.2, 0.25) is 5.13 Å². The molecular formula is C17H18N4OS2. The van der Waals surface area contributed by atoms with E-state index in [4.69, 9.17) is 0 Å². The van der Waals surface area contributed by atoms with E-state index in [0.29, 0.717) is 12.3 Å². The first-order valence-corrected chi connectivity index (χ1v) is 9.46. The number of benzene rings is 1. The van der Waals surface area contributed by atoms with Gasteiger partial charge in [-0.1, -0.05) is 54.3 Å². The predicted octanol–water partition coefficient (Wildman–Crippen LogP) is 4.15. The smallest absolute Gasteiger partial charge is 0.206 e. The molecule has 0 atom stereocenters. The largest absolute Gasteiger partial charge is 0.360 e. The van der Waals surface area contributed by atoms with Crippen LogP contribution in [0.1, 0.15) is 22.8 Å². The minimum Gasteiger partial charge on any atom is -0.360 e. The van der Waals surface area contributed by atoms with Gasteiger partial charge < -0.3 is 10.3 Å². The third-order valence-corrected chi connectivity index (χ3v) is 5.63. The molecule has 2 N–H and O–H groups in total. The van der Waals surface area contributed by atoms with Crippen molar-refractivity contribution in [1.29, 1.82) is 0 Å². The van der Waals surface area contributed by atoms with Gasteiger partial charge in [-0.05, 0) is 12.0 Å². The van der Waals surface area contributed by atoms with Gasteiger partial charge in [0, 0.05) is 29.2 Å². The average molecular weight is 358 g/mol. The molecule has 0 saturated carbocycles. The van der Waals surface area contributed by atoms with Gasteiger partial charge in [0.05, 0.1) is 5.75 Å². The van der Waals surface area contributed by atoms with E-state index in [1.165, 1.54) is 28.7 Å². The molecule has 3 rings (SSSR count). The number of ketones is 1. The number of carbonyl (C=O) groups is 1. The van der Waals surface area contributed by atoms with Gasteiger partial charge in [-0.2, -0.15) is 0 Å². The van der Waals surface area contributed by atoms with Crippen LogP contribution in [0.3, 0.4) is 0 Å². The zero-order valence-corrected chi connectivity index (χ0v) is 15.0. The normalized spacial score (nSPS) is 10.9. The summed E-state index contributed by atoms with van der Waals surface area (Å²) in [6.07, 6.45) is 4.51. The minimum absolute atomic E-state index is 0.0929. The predicted molar refractivity (Wildman–Crippen MR) is 101 cm³/mol. The molecule has 0 radical (unpaired) electrons. The zero-order valence-electron chi connectivity index (χ0n) is 13.3. The molecule has 0 fully saturated rings. The Kier molecular flexibility index (Phi) is 5.32. The van der Waals surface area contributed by atoms with Gasteiger partial charge in [-0.15, -0.1) is 16.8 Å². The number of nitrogens with one attached hydrogen (secondary N) is 2. The number of aryl methyl sites for hydroxylation is 1. The second kappa shape index (κ2) is 7.63. The van der Waals surface area contributed by atoms with Crippen LogP contribution in [0.4, 0.5) is 5.13 Å². The van der Waals surface area contributed by atoms with E-state index in [2.05, 4.69) is 40.1 Å². The lowest BCUT2D eigenvalue weighted by molar-refractivity contribution is 0.102. The summed E-state index contributed by atoms with van der Waals surface area (Å²) >= 11 is 2.86. The SMILES string of the molecule is C=CCNc1nnc(SCC(=O)c2c[nH]c3c(CC)cccc23)s1. The van der Waals surface area contributed by atoms with Crippen LogP contribution in [0.2, 0.25) is 0 Å². The molecule has 0 bridgehead atoms. The topological polar surface area (TPSA) is 70.7 Å². The number of thioether (sulfide) groups is 1. The maximum absolute atomic E-state index is 12.6. The first-order chi connectivity index (χ1) is 11.7. The number of aromatic amines is 1.